The average molecular weight is 295 g/mol. The normalized spacial score (nSPS) is 10.7. The van der Waals surface area contributed by atoms with Crippen molar-refractivity contribution < 1.29 is 14.1 Å². The highest BCUT2D eigenvalue weighted by atomic mass is 35.5. The summed E-state index contributed by atoms with van der Waals surface area (Å²) >= 11 is 6.09. The Bertz CT molecular complexity index is 623. The molecule has 0 spiro atoms. The molecular formula is C14H15ClN2O3. The molecule has 0 atom stereocenters. The molecule has 1 aromatic heterocycles. The van der Waals surface area contributed by atoms with Gasteiger partial charge in [-0.1, -0.05) is 16.8 Å². The van der Waals surface area contributed by atoms with Crippen LogP contribution in [0.25, 0.3) is 0 Å². The number of hydrogen-bond acceptors (Lipinski definition) is 4. The maximum atomic E-state index is 12.0. The van der Waals surface area contributed by atoms with Gasteiger partial charge in [0.2, 0.25) is 0 Å². The van der Waals surface area contributed by atoms with E-state index in [1.54, 1.807) is 31.2 Å². The van der Waals surface area contributed by atoms with Crippen LogP contribution in [0.4, 0.5) is 5.82 Å². The highest BCUT2D eigenvalue weighted by Gasteiger charge is 2.12. The zero-order chi connectivity index (χ0) is 14.7. The van der Waals surface area contributed by atoms with E-state index in [-0.39, 0.29) is 12.0 Å². The van der Waals surface area contributed by atoms with Crippen LogP contribution in [0.2, 0.25) is 5.02 Å². The first-order valence-corrected chi connectivity index (χ1v) is 6.54. The number of rotatable bonds is 4. The van der Waals surface area contributed by atoms with E-state index in [4.69, 9.17) is 20.9 Å². The average Bonchev–Trinajstić information content (AvgIpc) is 2.76. The summed E-state index contributed by atoms with van der Waals surface area (Å²) in [5.74, 6) is 1.23. The topological polar surface area (TPSA) is 64.4 Å². The molecule has 0 bridgehead atoms. The molecule has 0 saturated carbocycles. The van der Waals surface area contributed by atoms with Crippen molar-refractivity contribution in [2.24, 2.45) is 0 Å². The molecule has 2 rings (SSSR count). The first-order chi connectivity index (χ1) is 9.45. The van der Waals surface area contributed by atoms with Crippen molar-refractivity contribution in [2.75, 3.05) is 5.32 Å². The van der Waals surface area contributed by atoms with E-state index < -0.39 is 0 Å². The number of benzene rings is 1. The second-order valence-electron chi connectivity index (χ2n) is 4.59. The minimum absolute atomic E-state index is 0.0188. The molecule has 0 unspecified atom stereocenters. The number of aryl methyl sites for hydroxylation is 1. The molecule has 0 radical (unpaired) electrons. The first-order valence-electron chi connectivity index (χ1n) is 6.16. The van der Waals surface area contributed by atoms with E-state index in [1.807, 2.05) is 13.8 Å². The van der Waals surface area contributed by atoms with E-state index in [1.165, 1.54) is 0 Å². The Morgan fingerprint density at radius 3 is 2.70 bits per heavy atom. The summed E-state index contributed by atoms with van der Waals surface area (Å²) in [6, 6.07) is 6.51. The summed E-state index contributed by atoms with van der Waals surface area (Å²) in [6.45, 7) is 5.56. The van der Waals surface area contributed by atoms with Crippen LogP contribution in [0.5, 0.6) is 5.75 Å². The summed E-state index contributed by atoms with van der Waals surface area (Å²) in [6.07, 6.45) is 0.0188. The van der Waals surface area contributed by atoms with Gasteiger partial charge < -0.3 is 14.6 Å². The smallest absolute Gasteiger partial charge is 0.256 e. The minimum Gasteiger partial charge on any atom is -0.489 e. The van der Waals surface area contributed by atoms with Crippen LogP contribution in [0.3, 0.4) is 0 Å². The van der Waals surface area contributed by atoms with Crippen molar-refractivity contribution in [1.82, 2.24) is 5.16 Å². The minimum atomic E-state index is -0.309. The highest BCUT2D eigenvalue weighted by Crippen LogP contribution is 2.26. The van der Waals surface area contributed by atoms with E-state index >= 15 is 0 Å². The van der Waals surface area contributed by atoms with Gasteiger partial charge in [-0.25, -0.2) is 0 Å². The molecule has 0 aliphatic rings. The third kappa shape index (κ3) is 3.51. The molecule has 20 heavy (non-hydrogen) atoms. The number of halogens is 1. The van der Waals surface area contributed by atoms with Gasteiger partial charge in [0.15, 0.2) is 5.82 Å². The van der Waals surface area contributed by atoms with Gasteiger partial charge in [0.25, 0.3) is 5.91 Å². The molecular weight excluding hydrogens is 280 g/mol. The van der Waals surface area contributed by atoms with Crippen molar-refractivity contribution >= 4 is 23.3 Å². The summed E-state index contributed by atoms with van der Waals surface area (Å²) in [7, 11) is 0. The lowest BCUT2D eigenvalue weighted by Gasteiger charge is -2.12. The van der Waals surface area contributed by atoms with Crippen molar-refractivity contribution in [3.63, 3.8) is 0 Å². The molecule has 106 valence electrons. The van der Waals surface area contributed by atoms with Gasteiger partial charge in [-0.2, -0.15) is 0 Å². The molecule has 5 nitrogen and oxygen atoms in total. The zero-order valence-electron chi connectivity index (χ0n) is 11.4. The molecule has 1 heterocycles. The van der Waals surface area contributed by atoms with Crippen LogP contribution in [-0.4, -0.2) is 17.2 Å². The third-order valence-electron chi connectivity index (χ3n) is 2.43. The number of hydrogen-bond donors (Lipinski definition) is 1. The first kappa shape index (κ1) is 14.4. The van der Waals surface area contributed by atoms with E-state index in [0.29, 0.717) is 27.9 Å². The number of amides is 1. The van der Waals surface area contributed by atoms with Crippen LogP contribution >= 0.6 is 11.6 Å². The fraction of sp³-hybridized carbons (Fsp3) is 0.286. The van der Waals surface area contributed by atoms with Crippen LogP contribution in [0.1, 0.15) is 30.0 Å². The maximum absolute atomic E-state index is 12.0. The largest absolute Gasteiger partial charge is 0.489 e. The summed E-state index contributed by atoms with van der Waals surface area (Å²) in [4.78, 5) is 12.0. The van der Waals surface area contributed by atoms with E-state index in [0.717, 1.165) is 0 Å². The molecule has 2 aromatic rings. The molecule has 1 amide bonds. The summed E-state index contributed by atoms with van der Waals surface area (Å²) in [5.41, 5.74) is 0.423. The Morgan fingerprint density at radius 1 is 1.40 bits per heavy atom. The summed E-state index contributed by atoms with van der Waals surface area (Å²) in [5, 5.41) is 6.71. The Morgan fingerprint density at radius 2 is 2.15 bits per heavy atom. The fourth-order valence-electron chi connectivity index (χ4n) is 1.61. The van der Waals surface area contributed by atoms with Gasteiger partial charge in [0.05, 0.1) is 11.1 Å². The standard InChI is InChI=1S/C14H15ClN2O3/c1-8(2)19-12-5-4-10(7-11(12)15)14(18)16-13-6-9(3)20-17-13/h4-8H,1-3H3,(H,16,17,18). The number of anilines is 1. The number of ether oxygens (including phenoxy) is 1. The maximum Gasteiger partial charge on any atom is 0.256 e. The quantitative estimate of drug-likeness (QED) is 0.934. The van der Waals surface area contributed by atoms with Crippen LogP contribution in [0, 0.1) is 6.92 Å². The summed E-state index contributed by atoms with van der Waals surface area (Å²) < 4.78 is 10.4. The van der Waals surface area contributed by atoms with Crippen LogP contribution < -0.4 is 10.1 Å². The molecule has 0 aliphatic heterocycles. The van der Waals surface area contributed by atoms with Crippen molar-refractivity contribution in [3.05, 3.63) is 40.6 Å². The molecule has 0 aliphatic carbocycles. The number of aromatic nitrogens is 1. The number of carbonyl (C=O) groups excluding carboxylic acids is 1. The number of nitrogens with one attached hydrogen (secondary N) is 1. The fourth-order valence-corrected chi connectivity index (χ4v) is 1.83. The second-order valence-corrected chi connectivity index (χ2v) is 5.00. The molecule has 0 saturated heterocycles. The van der Waals surface area contributed by atoms with E-state index in [9.17, 15) is 4.79 Å². The lowest BCUT2D eigenvalue weighted by atomic mass is 10.2. The number of carbonyl (C=O) groups is 1. The van der Waals surface area contributed by atoms with Gasteiger partial charge in [-0.3, -0.25) is 4.79 Å². The molecule has 0 fully saturated rings. The van der Waals surface area contributed by atoms with E-state index in [2.05, 4.69) is 10.5 Å². The second kappa shape index (κ2) is 5.96. The Balaban J connectivity index is 2.12. The lowest BCUT2D eigenvalue weighted by Crippen LogP contribution is -2.12. The van der Waals surface area contributed by atoms with Crippen molar-refractivity contribution in [2.45, 2.75) is 26.9 Å². The van der Waals surface area contributed by atoms with Gasteiger partial charge in [0, 0.05) is 11.6 Å². The molecule has 1 aromatic carbocycles. The molecule has 6 heteroatoms. The third-order valence-corrected chi connectivity index (χ3v) is 2.72. The zero-order valence-corrected chi connectivity index (χ0v) is 12.2. The SMILES string of the molecule is Cc1cc(NC(=O)c2ccc(OC(C)C)c(Cl)c2)no1. The van der Waals surface area contributed by atoms with Crippen LogP contribution in [-0.2, 0) is 0 Å². The monoisotopic (exact) mass is 294 g/mol. The van der Waals surface area contributed by atoms with Crippen molar-refractivity contribution in [1.29, 1.82) is 0 Å². The van der Waals surface area contributed by atoms with Gasteiger partial charge in [-0.15, -0.1) is 0 Å². The van der Waals surface area contributed by atoms with Gasteiger partial charge >= 0.3 is 0 Å². The van der Waals surface area contributed by atoms with Gasteiger partial charge in [-0.05, 0) is 39.0 Å². The Labute approximate surface area is 121 Å². The van der Waals surface area contributed by atoms with Gasteiger partial charge in [0.1, 0.15) is 11.5 Å². The Kier molecular flexibility index (Phi) is 4.29. The van der Waals surface area contributed by atoms with Crippen molar-refractivity contribution in [3.8, 4) is 5.75 Å². The predicted molar refractivity (Wildman–Crippen MR) is 76.4 cm³/mol. The molecule has 1 N–H and O–H groups in total. The lowest BCUT2D eigenvalue weighted by molar-refractivity contribution is 0.102. The number of nitrogens with zero attached hydrogens (tertiary/aromatic N) is 1. The van der Waals surface area contributed by atoms with Crippen LogP contribution in [0.15, 0.2) is 28.8 Å². The highest BCUT2D eigenvalue weighted by molar-refractivity contribution is 6.32. The Hall–Kier alpha value is -2.01. The predicted octanol–water partition coefficient (Wildman–Crippen LogP) is 3.68.